The molecule has 0 aliphatic heterocycles. The normalized spacial score (nSPS) is 10.7. The number of benzene rings is 1. The number of nitrogens with one attached hydrogen (secondary N) is 2. The molecule has 3 heterocycles. The predicted octanol–water partition coefficient (Wildman–Crippen LogP) is 3.58. The van der Waals surface area contributed by atoms with Gasteiger partial charge in [0.25, 0.3) is 0 Å². The Labute approximate surface area is 173 Å². The van der Waals surface area contributed by atoms with Gasteiger partial charge in [-0.15, -0.1) is 0 Å². The standard InChI is InChI=1S/C21H21N7O2/c1-14-18(15(2)30-27-14)8-9-21(29)26-17-6-4-16(5-7-17)25-19-12-20(23-13-22-19)28-11-3-10-24-28/h3-7,10-13H,8-9H2,1-2H3,(H,26,29)(H,22,23,25). The third kappa shape index (κ3) is 4.52. The fraction of sp³-hybridized carbons (Fsp3) is 0.190. The summed E-state index contributed by atoms with van der Waals surface area (Å²) in [5, 5.41) is 14.2. The fourth-order valence-electron chi connectivity index (χ4n) is 3.05. The molecule has 3 aromatic heterocycles. The summed E-state index contributed by atoms with van der Waals surface area (Å²) in [6.07, 6.45) is 5.94. The minimum atomic E-state index is -0.0598. The number of aromatic nitrogens is 5. The molecule has 9 nitrogen and oxygen atoms in total. The molecular weight excluding hydrogens is 382 g/mol. The van der Waals surface area contributed by atoms with Gasteiger partial charge in [0.2, 0.25) is 5.91 Å². The molecule has 1 amide bonds. The Morgan fingerprint density at radius 2 is 1.93 bits per heavy atom. The average Bonchev–Trinajstić information content (AvgIpc) is 3.39. The van der Waals surface area contributed by atoms with Crippen LogP contribution in [0, 0.1) is 13.8 Å². The van der Waals surface area contributed by atoms with Gasteiger partial charge in [-0.25, -0.2) is 14.6 Å². The molecule has 152 valence electrons. The molecule has 1 aromatic carbocycles. The van der Waals surface area contributed by atoms with Gasteiger partial charge < -0.3 is 15.2 Å². The molecule has 0 bridgehead atoms. The first-order valence-electron chi connectivity index (χ1n) is 9.49. The van der Waals surface area contributed by atoms with Gasteiger partial charge in [-0.05, 0) is 50.6 Å². The summed E-state index contributed by atoms with van der Waals surface area (Å²) in [4.78, 5) is 20.7. The van der Waals surface area contributed by atoms with Crippen molar-refractivity contribution >= 4 is 23.1 Å². The number of rotatable bonds is 7. The Morgan fingerprint density at radius 1 is 1.13 bits per heavy atom. The second kappa shape index (κ2) is 8.56. The van der Waals surface area contributed by atoms with Crippen LogP contribution in [0.25, 0.3) is 5.82 Å². The van der Waals surface area contributed by atoms with Crippen molar-refractivity contribution in [2.75, 3.05) is 10.6 Å². The SMILES string of the molecule is Cc1noc(C)c1CCC(=O)Nc1ccc(Nc2cc(-n3cccn3)ncn2)cc1. The van der Waals surface area contributed by atoms with Crippen molar-refractivity contribution < 1.29 is 9.32 Å². The number of aryl methyl sites for hydroxylation is 2. The lowest BCUT2D eigenvalue weighted by Gasteiger charge is -2.09. The molecule has 2 N–H and O–H groups in total. The van der Waals surface area contributed by atoms with E-state index in [2.05, 4.69) is 30.9 Å². The molecule has 0 fully saturated rings. The molecule has 4 rings (SSSR count). The van der Waals surface area contributed by atoms with Crippen LogP contribution in [0.4, 0.5) is 17.2 Å². The van der Waals surface area contributed by atoms with Crippen LogP contribution in [0.2, 0.25) is 0 Å². The van der Waals surface area contributed by atoms with Crippen molar-refractivity contribution in [3.63, 3.8) is 0 Å². The van der Waals surface area contributed by atoms with Crippen molar-refractivity contribution in [2.24, 2.45) is 0 Å². The van der Waals surface area contributed by atoms with E-state index in [-0.39, 0.29) is 5.91 Å². The van der Waals surface area contributed by atoms with Crippen LogP contribution >= 0.6 is 0 Å². The third-order valence-electron chi connectivity index (χ3n) is 4.62. The lowest BCUT2D eigenvalue weighted by molar-refractivity contribution is -0.116. The molecular formula is C21H21N7O2. The molecule has 0 saturated heterocycles. The van der Waals surface area contributed by atoms with E-state index in [1.807, 2.05) is 50.4 Å². The molecule has 0 aliphatic carbocycles. The Morgan fingerprint density at radius 3 is 2.63 bits per heavy atom. The van der Waals surface area contributed by atoms with Crippen LogP contribution in [0.1, 0.15) is 23.4 Å². The van der Waals surface area contributed by atoms with Crippen LogP contribution in [0.5, 0.6) is 0 Å². The van der Waals surface area contributed by atoms with E-state index in [0.29, 0.717) is 24.5 Å². The minimum absolute atomic E-state index is 0.0598. The van der Waals surface area contributed by atoms with E-state index < -0.39 is 0 Å². The summed E-state index contributed by atoms with van der Waals surface area (Å²) in [6, 6.07) is 11.1. The third-order valence-corrected chi connectivity index (χ3v) is 4.62. The summed E-state index contributed by atoms with van der Waals surface area (Å²) in [7, 11) is 0. The van der Waals surface area contributed by atoms with Gasteiger partial charge in [0.15, 0.2) is 5.82 Å². The average molecular weight is 403 g/mol. The molecule has 0 unspecified atom stereocenters. The minimum Gasteiger partial charge on any atom is -0.361 e. The Bertz CT molecular complexity index is 1120. The van der Waals surface area contributed by atoms with Crippen molar-refractivity contribution in [1.82, 2.24) is 24.9 Å². The molecule has 4 aromatic rings. The maximum atomic E-state index is 12.3. The van der Waals surface area contributed by atoms with Crippen LogP contribution in [-0.4, -0.2) is 30.8 Å². The van der Waals surface area contributed by atoms with Crippen molar-refractivity contribution in [3.05, 3.63) is 72.1 Å². The first-order valence-corrected chi connectivity index (χ1v) is 9.49. The van der Waals surface area contributed by atoms with Crippen LogP contribution < -0.4 is 10.6 Å². The number of amides is 1. The molecule has 0 saturated carbocycles. The first-order chi connectivity index (χ1) is 14.6. The lowest BCUT2D eigenvalue weighted by Crippen LogP contribution is -2.12. The van der Waals surface area contributed by atoms with Gasteiger partial charge >= 0.3 is 0 Å². The summed E-state index contributed by atoms with van der Waals surface area (Å²) in [5.41, 5.74) is 3.39. The highest BCUT2D eigenvalue weighted by Crippen LogP contribution is 2.19. The zero-order valence-corrected chi connectivity index (χ0v) is 16.7. The van der Waals surface area contributed by atoms with E-state index in [0.717, 1.165) is 28.4 Å². The van der Waals surface area contributed by atoms with Crippen LogP contribution in [-0.2, 0) is 11.2 Å². The van der Waals surface area contributed by atoms with Crippen LogP contribution in [0.3, 0.4) is 0 Å². The summed E-state index contributed by atoms with van der Waals surface area (Å²) < 4.78 is 6.79. The van der Waals surface area contributed by atoms with Gasteiger partial charge in [-0.1, -0.05) is 5.16 Å². The number of carbonyl (C=O) groups is 1. The molecule has 0 spiro atoms. The van der Waals surface area contributed by atoms with E-state index in [9.17, 15) is 4.79 Å². The number of nitrogens with zero attached hydrogens (tertiary/aromatic N) is 5. The van der Waals surface area contributed by atoms with E-state index in [4.69, 9.17) is 4.52 Å². The maximum absolute atomic E-state index is 12.3. The number of hydrogen-bond acceptors (Lipinski definition) is 7. The van der Waals surface area contributed by atoms with E-state index >= 15 is 0 Å². The lowest BCUT2D eigenvalue weighted by atomic mass is 10.1. The van der Waals surface area contributed by atoms with Gasteiger partial charge in [0.05, 0.1) is 5.69 Å². The largest absolute Gasteiger partial charge is 0.361 e. The Hall–Kier alpha value is -4.01. The van der Waals surface area contributed by atoms with Crippen molar-refractivity contribution in [1.29, 1.82) is 0 Å². The predicted molar refractivity (Wildman–Crippen MR) is 112 cm³/mol. The second-order valence-electron chi connectivity index (χ2n) is 6.77. The summed E-state index contributed by atoms with van der Waals surface area (Å²) >= 11 is 0. The second-order valence-corrected chi connectivity index (χ2v) is 6.77. The molecule has 0 atom stereocenters. The highest BCUT2D eigenvalue weighted by atomic mass is 16.5. The molecule has 0 aliphatic rings. The highest BCUT2D eigenvalue weighted by Gasteiger charge is 2.11. The highest BCUT2D eigenvalue weighted by molar-refractivity contribution is 5.91. The summed E-state index contributed by atoms with van der Waals surface area (Å²) in [6.45, 7) is 3.74. The molecule has 0 radical (unpaired) electrons. The Kier molecular flexibility index (Phi) is 5.51. The fourth-order valence-corrected chi connectivity index (χ4v) is 3.05. The van der Waals surface area contributed by atoms with Gasteiger partial charge in [0, 0.05) is 41.8 Å². The van der Waals surface area contributed by atoms with E-state index in [1.165, 1.54) is 6.33 Å². The quantitative estimate of drug-likeness (QED) is 0.485. The topological polar surface area (TPSA) is 111 Å². The molecule has 9 heteroatoms. The zero-order valence-electron chi connectivity index (χ0n) is 16.7. The van der Waals surface area contributed by atoms with Gasteiger partial charge in [-0.3, -0.25) is 4.79 Å². The first kappa shape index (κ1) is 19.3. The van der Waals surface area contributed by atoms with Gasteiger partial charge in [0.1, 0.15) is 17.9 Å². The molecule has 30 heavy (non-hydrogen) atoms. The maximum Gasteiger partial charge on any atom is 0.224 e. The smallest absolute Gasteiger partial charge is 0.224 e. The number of hydrogen-bond donors (Lipinski definition) is 2. The van der Waals surface area contributed by atoms with Gasteiger partial charge in [-0.2, -0.15) is 5.10 Å². The number of carbonyl (C=O) groups excluding carboxylic acids is 1. The summed E-state index contributed by atoms with van der Waals surface area (Å²) in [5.74, 6) is 2.01. The van der Waals surface area contributed by atoms with E-state index in [1.54, 1.807) is 16.9 Å². The zero-order chi connectivity index (χ0) is 20.9. The van der Waals surface area contributed by atoms with Crippen molar-refractivity contribution in [2.45, 2.75) is 26.7 Å². The van der Waals surface area contributed by atoms with Crippen LogP contribution in [0.15, 0.2) is 59.6 Å². The van der Waals surface area contributed by atoms with Crippen molar-refractivity contribution in [3.8, 4) is 5.82 Å². The Balaban J connectivity index is 1.34. The monoisotopic (exact) mass is 403 g/mol. The number of anilines is 3.